The molecule has 0 unspecified atom stereocenters. The van der Waals surface area contributed by atoms with E-state index in [1.165, 1.54) is 29.4 Å². The number of alkyl halides is 3. The van der Waals surface area contributed by atoms with E-state index in [0.717, 1.165) is 3.97 Å². The number of halogens is 3. The number of imidazole rings is 2. The van der Waals surface area contributed by atoms with E-state index in [2.05, 4.69) is 15.0 Å². The van der Waals surface area contributed by atoms with Crippen LogP contribution in [0.25, 0.3) is 33.7 Å². The average molecular weight is 559 g/mol. The molecule has 4 aromatic heterocycles. The number of aromatic amines is 1. The highest BCUT2D eigenvalue weighted by atomic mass is 32.2. The number of nitrogens with one attached hydrogen (secondary N) is 2. The number of nitrogens with zero attached hydrogens (tertiary/aromatic N) is 6. The van der Waals surface area contributed by atoms with Gasteiger partial charge in [0.15, 0.2) is 17.3 Å². The van der Waals surface area contributed by atoms with Crippen molar-refractivity contribution in [3.05, 3.63) is 61.2 Å². The Balaban J connectivity index is 1.45. The Morgan fingerprint density at radius 1 is 1.15 bits per heavy atom. The van der Waals surface area contributed by atoms with Crippen molar-refractivity contribution in [2.45, 2.75) is 23.5 Å². The van der Waals surface area contributed by atoms with Crippen LogP contribution in [0, 0.1) is 0 Å². The predicted octanol–water partition coefficient (Wildman–Crippen LogP) is 3.53. The molecular formula is C24H21F3N8O3S. The lowest BCUT2D eigenvalue weighted by Gasteiger charge is -2.20. The van der Waals surface area contributed by atoms with E-state index >= 15 is 0 Å². The largest absolute Gasteiger partial charge is 0.405 e. The van der Waals surface area contributed by atoms with Gasteiger partial charge in [0.1, 0.15) is 12.1 Å². The monoisotopic (exact) mass is 558 g/mol. The number of rotatable bonds is 5. The zero-order chi connectivity index (χ0) is 27.4. The number of amides is 2. The highest BCUT2D eigenvalue weighted by molar-refractivity contribution is 7.90. The minimum Gasteiger partial charge on any atom is -0.342 e. The van der Waals surface area contributed by atoms with Crippen LogP contribution in [0.15, 0.2) is 66.1 Å². The molecule has 0 radical (unpaired) electrons. The van der Waals surface area contributed by atoms with Crippen LogP contribution in [0.3, 0.4) is 0 Å². The summed E-state index contributed by atoms with van der Waals surface area (Å²) in [4.78, 5) is 30.3. The Hall–Kier alpha value is -4.40. The van der Waals surface area contributed by atoms with Crippen molar-refractivity contribution in [3.8, 4) is 11.6 Å². The van der Waals surface area contributed by atoms with Gasteiger partial charge < -0.3 is 19.8 Å². The first-order valence-electron chi connectivity index (χ1n) is 11.9. The fraction of sp³-hybridized carbons (Fsp3) is 0.250. The molecule has 15 heteroatoms. The van der Waals surface area contributed by atoms with E-state index < -0.39 is 28.8 Å². The van der Waals surface area contributed by atoms with Crippen molar-refractivity contribution in [2.75, 3.05) is 19.6 Å². The van der Waals surface area contributed by atoms with Gasteiger partial charge in [0.2, 0.25) is 0 Å². The molecule has 1 aliphatic rings. The Labute approximate surface area is 219 Å². The van der Waals surface area contributed by atoms with Gasteiger partial charge in [-0.3, -0.25) is 0 Å². The summed E-state index contributed by atoms with van der Waals surface area (Å²) in [5.41, 5.74) is 1.25. The summed E-state index contributed by atoms with van der Waals surface area (Å²) in [6.45, 7) is -1.08. The molecule has 1 saturated heterocycles. The first-order valence-corrected chi connectivity index (χ1v) is 13.4. The zero-order valence-electron chi connectivity index (χ0n) is 20.1. The first kappa shape index (κ1) is 24.9. The van der Waals surface area contributed by atoms with E-state index in [1.54, 1.807) is 36.7 Å². The van der Waals surface area contributed by atoms with E-state index in [0.29, 0.717) is 34.5 Å². The van der Waals surface area contributed by atoms with Gasteiger partial charge in [0.05, 0.1) is 22.7 Å². The smallest absolute Gasteiger partial charge is 0.342 e. The molecular weight excluding hydrogens is 537 g/mol. The number of pyridine rings is 1. The van der Waals surface area contributed by atoms with Gasteiger partial charge in [-0.2, -0.15) is 13.2 Å². The fourth-order valence-corrected chi connectivity index (χ4v) is 6.20. The van der Waals surface area contributed by atoms with Gasteiger partial charge in [0.25, 0.3) is 10.0 Å². The zero-order valence-corrected chi connectivity index (χ0v) is 20.9. The van der Waals surface area contributed by atoms with Gasteiger partial charge in [-0.15, -0.1) is 0 Å². The van der Waals surface area contributed by atoms with E-state index in [-0.39, 0.29) is 29.7 Å². The number of H-pyrrole nitrogens is 1. The van der Waals surface area contributed by atoms with Gasteiger partial charge in [-0.05, 0) is 24.6 Å². The fourth-order valence-electron chi connectivity index (χ4n) is 4.88. The second-order valence-corrected chi connectivity index (χ2v) is 10.9. The number of hydrogen-bond donors (Lipinski definition) is 2. The quantitative estimate of drug-likeness (QED) is 0.339. The van der Waals surface area contributed by atoms with Crippen LogP contribution in [-0.4, -0.2) is 73.6 Å². The van der Waals surface area contributed by atoms with Crippen LogP contribution in [-0.2, 0) is 10.0 Å². The summed E-state index contributed by atoms with van der Waals surface area (Å²) in [5, 5.41) is 2.42. The second-order valence-electron chi connectivity index (χ2n) is 9.06. The standard InChI is InChI=1S/C24H21F3N8O3S/c25-24(26,27)14-31-23(36)33-10-6-15(13-33)35-19-17-7-11-34(39(37,38)16-4-2-1-3-5-16)21(17)30-12-18(19)32-22(35)20-28-8-9-29-20/h1-5,7-9,11-12,15H,6,10,13-14H2,(H,28,29)(H,31,36)/t15-/m1/s1. The average Bonchev–Trinajstić information content (AvgIpc) is 3.71. The summed E-state index contributed by atoms with van der Waals surface area (Å²) < 4.78 is 67.6. The third kappa shape index (κ3) is 4.37. The number of benzene rings is 1. The molecule has 0 bridgehead atoms. The third-order valence-corrected chi connectivity index (χ3v) is 8.27. The summed E-state index contributed by atoms with van der Waals surface area (Å²) >= 11 is 0. The highest BCUT2D eigenvalue weighted by Crippen LogP contribution is 2.36. The maximum Gasteiger partial charge on any atom is 0.405 e. The Kier molecular flexibility index (Phi) is 5.82. The number of aromatic nitrogens is 6. The van der Waals surface area contributed by atoms with Crippen molar-refractivity contribution in [3.63, 3.8) is 0 Å². The van der Waals surface area contributed by atoms with Crippen molar-refractivity contribution < 1.29 is 26.4 Å². The Bertz CT molecular complexity index is 1780. The minimum absolute atomic E-state index is 0.102. The third-order valence-electron chi connectivity index (χ3n) is 6.59. The van der Waals surface area contributed by atoms with Crippen molar-refractivity contribution in [1.29, 1.82) is 0 Å². The second kappa shape index (κ2) is 9.11. The summed E-state index contributed by atoms with van der Waals surface area (Å²) in [6, 6.07) is 8.43. The maximum absolute atomic E-state index is 13.4. The molecule has 0 aliphatic carbocycles. The SMILES string of the molecule is O=C(NCC(F)(F)F)N1CC[C@@H](n2c(-c3ncc[nH]3)nc3cnc4c(ccn4S(=O)(=O)c4ccccc4)c32)C1. The lowest BCUT2D eigenvalue weighted by Crippen LogP contribution is -2.42. The number of carbonyl (C=O) groups is 1. The van der Waals surface area contributed by atoms with Crippen LogP contribution in [0.2, 0.25) is 0 Å². The van der Waals surface area contributed by atoms with Crippen LogP contribution < -0.4 is 5.32 Å². The lowest BCUT2D eigenvalue weighted by atomic mass is 10.2. The molecule has 0 saturated carbocycles. The van der Waals surface area contributed by atoms with E-state index in [4.69, 9.17) is 4.98 Å². The lowest BCUT2D eigenvalue weighted by molar-refractivity contribution is -0.123. The molecule has 2 amide bonds. The van der Waals surface area contributed by atoms with Crippen molar-refractivity contribution in [1.82, 2.24) is 38.7 Å². The molecule has 5 aromatic rings. The number of urea groups is 1. The van der Waals surface area contributed by atoms with Crippen LogP contribution in [0.4, 0.5) is 18.0 Å². The molecule has 6 rings (SSSR count). The summed E-state index contributed by atoms with van der Waals surface area (Å²) in [5.74, 6) is 0.876. The molecule has 1 aromatic carbocycles. The van der Waals surface area contributed by atoms with Gasteiger partial charge in [-0.25, -0.2) is 32.1 Å². The van der Waals surface area contributed by atoms with Gasteiger partial charge in [-0.1, -0.05) is 18.2 Å². The first-order chi connectivity index (χ1) is 18.6. The highest BCUT2D eigenvalue weighted by Gasteiger charge is 2.34. The Morgan fingerprint density at radius 3 is 2.67 bits per heavy atom. The summed E-state index contributed by atoms with van der Waals surface area (Å²) in [7, 11) is -3.94. The molecule has 1 fully saturated rings. The maximum atomic E-state index is 13.4. The number of likely N-dealkylation sites (tertiary alicyclic amines) is 1. The molecule has 11 nitrogen and oxygen atoms in total. The van der Waals surface area contributed by atoms with Gasteiger partial charge >= 0.3 is 12.2 Å². The topological polar surface area (TPSA) is 131 Å². The van der Waals surface area contributed by atoms with E-state index in [1.807, 2.05) is 9.88 Å². The molecule has 1 atom stereocenters. The number of fused-ring (bicyclic) bond motifs is 3. The predicted molar refractivity (Wildman–Crippen MR) is 134 cm³/mol. The minimum atomic E-state index is -4.52. The molecule has 202 valence electrons. The van der Waals surface area contributed by atoms with Crippen LogP contribution in [0.1, 0.15) is 12.5 Å². The Morgan fingerprint density at radius 2 is 1.95 bits per heavy atom. The molecule has 1 aliphatic heterocycles. The summed E-state index contributed by atoms with van der Waals surface area (Å²) in [6.07, 6.45) is 2.00. The van der Waals surface area contributed by atoms with Crippen LogP contribution >= 0.6 is 0 Å². The van der Waals surface area contributed by atoms with Crippen molar-refractivity contribution in [2.24, 2.45) is 0 Å². The normalized spacial score (nSPS) is 16.4. The van der Waals surface area contributed by atoms with E-state index in [9.17, 15) is 26.4 Å². The molecule has 0 spiro atoms. The molecule has 5 heterocycles. The number of carbonyl (C=O) groups excluding carboxylic acids is 1. The van der Waals surface area contributed by atoms with Crippen LogP contribution in [0.5, 0.6) is 0 Å². The van der Waals surface area contributed by atoms with Crippen molar-refractivity contribution >= 4 is 38.1 Å². The van der Waals surface area contributed by atoms with Gasteiger partial charge in [0, 0.05) is 37.1 Å². The molecule has 39 heavy (non-hydrogen) atoms. The number of hydrogen-bond acceptors (Lipinski definition) is 6. The molecule has 2 N–H and O–H groups in total.